The first-order valence-corrected chi connectivity index (χ1v) is 27.8. The van der Waals surface area contributed by atoms with Crippen LogP contribution in [0.4, 0.5) is 0 Å². The second-order valence-corrected chi connectivity index (χ2v) is 23.5. The Bertz CT molecular complexity index is 1970. The number of nitrogens with one attached hydrogen (secondary N) is 3. The topological polar surface area (TPSA) is 389 Å². The van der Waals surface area contributed by atoms with Crippen LogP contribution >= 0.6 is 7.60 Å². The zero-order valence-corrected chi connectivity index (χ0v) is 47.8. The molecule has 488 valence electrons. The lowest BCUT2D eigenvalue weighted by Gasteiger charge is -2.28. The summed E-state index contributed by atoms with van der Waals surface area (Å²) in [6, 6.07) is 0. The fourth-order valence-electron chi connectivity index (χ4n) is 4.00. The molecule has 0 heterocycles. The van der Waals surface area contributed by atoms with Crippen molar-refractivity contribution in [2.75, 3.05) is 50.8 Å². The summed E-state index contributed by atoms with van der Waals surface area (Å²) >= 11 is 0. The van der Waals surface area contributed by atoms with Gasteiger partial charge in [0.05, 0.1) is 44.5 Å². The molecule has 0 spiro atoms. The van der Waals surface area contributed by atoms with Crippen LogP contribution in [0.1, 0.15) is 196 Å². The van der Waals surface area contributed by atoms with Gasteiger partial charge in [-0.3, -0.25) is 33.1 Å². The average molecular weight is 1230 g/mol. The number of hydrogen-bond donors (Lipinski definition) is 7. The van der Waals surface area contributed by atoms with E-state index in [2.05, 4.69) is 44.3 Å². The summed E-state index contributed by atoms with van der Waals surface area (Å²) in [5, 5.41) is 7.61. The first-order valence-electron chi connectivity index (χ1n) is 22.8. The first kappa shape index (κ1) is 107. The number of amides is 3. The van der Waals surface area contributed by atoms with Gasteiger partial charge in [0, 0.05) is 28.5 Å². The van der Waals surface area contributed by atoms with Crippen molar-refractivity contribution in [1.82, 2.24) is 16.0 Å². The molecule has 0 bridgehead atoms. The Morgan fingerprint density at radius 2 is 0.938 bits per heavy atom. The van der Waals surface area contributed by atoms with E-state index in [-0.39, 0.29) is 109 Å². The number of hydrogen-bond acceptors (Lipinski definition) is 17. The molecule has 0 radical (unpaired) electrons. The van der Waals surface area contributed by atoms with Crippen LogP contribution < -0.4 is 21.7 Å². The van der Waals surface area contributed by atoms with Gasteiger partial charge in [0.25, 0.3) is 16.0 Å². The highest BCUT2D eigenvalue weighted by Crippen LogP contribution is 2.35. The zero-order valence-electron chi connectivity index (χ0n) is 45.3. The van der Waals surface area contributed by atoms with Crippen LogP contribution in [-0.2, 0) is 77.3 Å². The fraction of sp³-hybridized carbons (Fsp3) is 0.792. The highest BCUT2D eigenvalue weighted by molar-refractivity contribution is 7.86. The molecule has 0 aromatic rings. The van der Waals surface area contributed by atoms with Crippen LogP contribution in [0, 0.1) is 22.7 Å². The molecule has 0 aliphatic heterocycles. The maximum Gasteiger partial charge on any atom is 0.362 e. The van der Waals surface area contributed by atoms with Gasteiger partial charge in [-0.1, -0.05) is 114 Å². The maximum absolute atomic E-state index is 11.6. The minimum atomic E-state index is -4.32. The number of ether oxygens (including phenoxy) is 4. The van der Waals surface area contributed by atoms with Crippen molar-refractivity contribution >= 4 is 69.4 Å². The predicted octanol–water partition coefficient (Wildman–Crippen LogP) is 8.03. The minimum Gasteiger partial charge on any atom is -0.748 e. The number of esters is 4. The van der Waals surface area contributed by atoms with Gasteiger partial charge in [-0.05, 0) is 94.9 Å². The molecule has 0 aromatic heterocycles. The van der Waals surface area contributed by atoms with Crippen LogP contribution in [0.2, 0.25) is 0 Å². The summed E-state index contributed by atoms with van der Waals surface area (Å²) in [6.07, 6.45) is 1.71. The molecular formula is C53H119N4O20PS2. The number of carbonyl (C=O) groups is 7. The number of carbonyl (C=O) groups excluding carboxylic acids is 7. The summed E-state index contributed by atoms with van der Waals surface area (Å²) in [7, 11) is -12.6. The molecular weight excluding hydrogens is 1110 g/mol. The van der Waals surface area contributed by atoms with Crippen LogP contribution in [0.15, 0.2) is 24.3 Å². The van der Waals surface area contributed by atoms with E-state index in [1.54, 1.807) is 69.2 Å². The summed E-state index contributed by atoms with van der Waals surface area (Å²) in [6.45, 7) is 34.8. The van der Waals surface area contributed by atoms with Gasteiger partial charge in [0.15, 0.2) is 13.0 Å². The third-order valence-electron chi connectivity index (χ3n) is 9.43. The molecule has 2 unspecified atom stereocenters. The summed E-state index contributed by atoms with van der Waals surface area (Å²) in [5.74, 6) is -4.13. The van der Waals surface area contributed by atoms with E-state index in [0.29, 0.717) is 50.0 Å². The molecule has 27 heteroatoms. The highest BCUT2D eigenvalue weighted by Gasteiger charge is 2.31. The first-order chi connectivity index (χ1) is 32.2. The molecule has 0 aromatic carbocycles. The average Bonchev–Trinajstić information content (AvgIpc) is 3.22. The van der Waals surface area contributed by atoms with E-state index in [9.17, 15) is 59.5 Å². The van der Waals surface area contributed by atoms with Crippen LogP contribution in [0.5, 0.6) is 0 Å². The van der Waals surface area contributed by atoms with E-state index >= 15 is 0 Å². The molecule has 0 rings (SSSR count). The van der Waals surface area contributed by atoms with E-state index in [4.69, 9.17) is 23.8 Å². The second kappa shape index (κ2) is 50.4. The lowest BCUT2D eigenvalue weighted by atomic mass is 9.91. The Morgan fingerprint density at radius 3 is 1.21 bits per heavy atom. The van der Waals surface area contributed by atoms with Crippen molar-refractivity contribution < 1.29 is 98.5 Å². The largest absolute Gasteiger partial charge is 0.748 e. The number of quaternary nitrogens is 1. The molecule has 24 nitrogen and oxygen atoms in total. The molecule has 0 aliphatic rings. The van der Waals surface area contributed by atoms with Crippen LogP contribution in [0.3, 0.4) is 0 Å². The minimum absolute atomic E-state index is 0. The molecule has 0 saturated heterocycles. The van der Waals surface area contributed by atoms with Gasteiger partial charge in [-0.25, -0.2) is 18.0 Å². The Morgan fingerprint density at radius 1 is 0.613 bits per heavy atom. The molecule has 80 heavy (non-hydrogen) atoms. The molecule has 3 amide bonds. The van der Waals surface area contributed by atoms with E-state index in [1.807, 2.05) is 20.8 Å². The Balaban J connectivity index is -0.0000000633. The third kappa shape index (κ3) is 64.5. The molecule has 2 atom stereocenters. The van der Waals surface area contributed by atoms with Crippen molar-refractivity contribution in [3.8, 4) is 0 Å². The lowest BCUT2D eigenvalue weighted by molar-refractivity contribution is -0.372. The molecule has 0 aliphatic carbocycles. The third-order valence-corrected chi connectivity index (χ3v) is 12.1. The standard InChI is InChI=1S/C14H23NO5.2C9H19NO4S.C7H15O5P.C6H11NO2.8CH4/c1-6-14(4,5)13(18)20-9-11(16)15-7-8-19-12(17)10(2)3;2*1-5-7(2)8(11)10-9(3,4)6-15(12,13)14;1-4-7(2,3)6(8)12-5-13(9,10)11;1-5(2)6(8)9-4-3-7;;;;;;;;/h2,6-9H2,1,3-5H3,(H,15,16);2*7H,5-6H2,1-4H3,(H,10,11)(H,12,13,14);4-5H2,1-3H3,(H2,9,10,11);1,3-4,7H2,2H3;8*1H4. The van der Waals surface area contributed by atoms with Crippen molar-refractivity contribution in [3.63, 3.8) is 0 Å². The summed E-state index contributed by atoms with van der Waals surface area (Å²) in [4.78, 5) is 95.6. The Labute approximate surface area is 486 Å². The maximum atomic E-state index is 11.6. The summed E-state index contributed by atoms with van der Waals surface area (Å²) in [5.41, 5.74) is 0.994. The van der Waals surface area contributed by atoms with Gasteiger partial charge in [-0.2, -0.15) is 8.42 Å². The highest BCUT2D eigenvalue weighted by atomic mass is 32.2. The number of rotatable bonds is 25. The molecule has 0 fully saturated rings. The van der Waals surface area contributed by atoms with Crippen molar-refractivity contribution in [2.45, 2.75) is 207 Å². The van der Waals surface area contributed by atoms with Gasteiger partial charge in [-0.15, -0.1) is 0 Å². The van der Waals surface area contributed by atoms with E-state index in [0.717, 1.165) is 0 Å². The molecule has 0 saturated carbocycles. The Hall–Kier alpha value is -4.30. The van der Waals surface area contributed by atoms with Gasteiger partial charge in [0.1, 0.15) is 19.8 Å². The second-order valence-electron chi connectivity index (χ2n) is 19.1. The van der Waals surface area contributed by atoms with Crippen molar-refractivity contribution in [1.29, 1.82) is 0 Å². The van der Waals surface area contributed by atoms with E-state index < -0.39 is 91.4 Å². The Kier molecular flexibility index (Phi) is 67.7. The van der Waals surface area contributed by atoms with Crippen molar-refractivity contribution in [3.05, 3.63) is 24.3 Å². The molecule has 9 N–H and O–H groups in total. The smallest absolute Gasteiger partial charge is 0.362 e. The fourth-order valence-corrected chi connectivity index (χ4v) is 6.23. The summed E-state index contributed by atoms with van der Waals surface area (Å²) < 4.78 is 90.9. The quantitative estimate of drug-likeness (QED) is 0.0113. The van der Waals surface area contributed by atoms with Crippen LogP contribution in [0.25, 0.3) is 0 Å². The zero-order chi connectivity index (χ0) is 58.3. The lowest BCUT2D eigenvalue weighted by Crippen LogP contribution is -2.52. The predicted molar refractivity (Wildman–Crippen MR) is 323 cm³/mol. The van der Waals surface area contributed by atoms with E-state index in [1.165, 1.54) is 20.8 Å². The van der Waals surface area contributed by atoms with Gasteiger partial charge >= 0.3 is 31.5 Å². The normalized spacial score (nSPS) is 11.2. The SMILES string of the molecule is C.C.C.C.C.C.C.C.C=C(C)C(=O)OCCNC(=O)COC(=O)C(C)(C)CC.C=C(C)C(=O)OCC[NH3+].CCC(C)(C)C(=O)OCP(=O)(O)O.CCC(C)C(=O)NC(C)(C)CS(=O)(=O)O.CCC(C)C(=O)NC(C)(C)CS(=O)(=O)[O-]. The van der Waals surface area contributed by atoms with Gasteiger partial charge < -0.3 is 55.0 Å². The van der Waals surface area contributed by atoms with Crippen molar-refractivity contribution in [2.24, 2.45) is 22.7 Å². The monoisotopic (exact) mass is 1230 g/mol. The van der Waals surface area contributed by atoms with Gasteiger partial charge in [0.2, 0.25) is 11.8 Å². The van der Waals surface area contributed by atoms with Crippen LogP contribution in [-0.4, -0.2) is 139 Å².